The van der Waals surface area contributed by atoms with E-state index in [9.17, 15) is 0 Å². The highest BCUT2D eigenvalue weighted by molar-refractivity contribution is 6.31. The Morgan fingerprint density at radius 3 is 2.84 bits per heavy atom. The van der Waals surface area contributed by atoms with Crippen LogP contribution in [0.4, 0.5) is 5.69 Å². The molecule has 0 aliphatic carbocycles. The smallest absolute Gasteiger partial charge is 0.0471 e. The van der Waals surface area contributed by atoms with Crippen molar-refractivity contribution >= 4 is 17.3 Å². The normalized spacial score (nSPS) is 19.4. The number of hydrogen-bond donors (Lipinski definition) is 1. The summed E-state index contributed by atoms with van der Waals surface area (Å²) in [6.45, 7) is 6.13. The first-order valence-corrected chi connectivity index (χ1v) is 7.40. The first-order chi connectivity index (χ1) is 9.13. The highest BCUT2D eigenvalue weighted by Crippen LogP contribution is 2.30. The van der Waals surface area contributed by atoms with Crippen molar-refractivity contribution in [3.05, 3.63) is 28.8 Å². The molecular formula is C15H24ClN3. The molecule has 0 spiro atoms. The molecule has 0 saturated carbocycles. The van der Waals surface area contributed by atoms with Gasteiger partial charge in [-0.25, -0.2) is 0 Å². The highest BCUT2D eigenvalue weighted by atomic mass is 35.5. The largest absolute Gasteiger partial charge is 0.370 e. The molecule has 0 radical (unpaired) electrons. The van der Waals surface area contributed by atoms with Gasteiger partial charge in [0, 0.05) is 41.9 Å². The molecule has 19 heavy (non-hydrogen) atoms. The Morgan fingerprint density at radius 1 is 1.42 bits per heavy atom. The van der Waals surface area contributed by atoms with Crippen LogP contribution in [0.1, 0.15) is 18.9 Å². The average molecular weight is 282 g/mol. The summed E-state index contributed by atoms with van der Waals surface area (Å²) >= 11 is 6.37. The van der Waals surface area contributed by atoms with Crippen LogP contribution in [0.3, 0.4) is 0 Å². The summed E-state index contributed by atoms with van der Waals surface area (Å²) in [5.41, 5.74) is 2.52. The lowest BCUT2D eigenvalue weighted by molar-refractivity contribution is 0.315. The number of nitrogens with zero attached hydrogens (tertiary/aromatic N) is 2. The maximum atomic E-state index is 6.37. The van der Waals surface area contributed by atoms with Gasteiger partial charge in [0.05, 0.1) is 0 Å². The molecule has 4 heteroatoms. The van der Waals surface area contributed by atoms with Crippen molar-refractivity contribution < 1.29 is 0 Å². The molecule has 2 rings (SSSR count). The second-order valence-corrected chi connectivity index (χ2v) is 5.78. The van der Waals surface area contributed by atoms with Crippen LogP contribution in [0.15, 0.2) is 18.2 Å². The number of anilines is 1. The Labute approximate surface area is 121 Å². The summed E-state index contributed by atoms with van der Waals surface area (Å²) in [7, 11) is 4.32. The van der Waals surface area contributed by atoms with Crippen LogP contribution in [0, 0.1) is 0 Å². The van der Waals surface area contributed by atoms with E-state index < -0.39 is 0 Å². The lowest BCUT2D eigenvalue weighted by atomic mass is 10.1. The fourth-order valence-corrected chi connectivity index (χ4v) is 2.89. The number of hydrogen-bond acceptors (Lipinski definition) is 3. The van der Waals surface area contributed by atoms with E-state index in [2.05, 4.69) is 48.3 Å². The van der Waals surface area contributed by atoms with Gasteiger partial charge in [0.2, 0.25) is 0 Å². The zero-order chi connectivity index (χ0) is 13.8. The van der Waals surface area contributed by atoms with Gasteiger partial charge in [-0.15, -0.1) is 0 Å². The maximum Gasteiger partial charge on any atom is 0.0471 e. The van der Waals surface area contributed by atoms with E-state index in [4.69, 9.17) is 11.6 Å². The predicted molar refractivity (Wildman–Crippen MR) is 83.1 cm³/mol. The monoisotopic (exact) mass is 281 g/mol. The maximum absolute atomic E-state index is 6.37. The van der Waals surface area contributed by atoms with Gasteiger partial charge < -0.3 is 15.1 Å². The minimum absolute atomic E-state index is 0.644. The van der Waals surface area contributed by atoms with Gasteiger partial charge in [-0.3, -0.25) is 0 Å². The third kappa shape index (κ3) is 3.41. The van der Waals surface area contributed by atoms with E-state index in [0.29, 0.717) is 6.04 Å². The van der Waals surface area contributed by atoms with E-state index >= 15 is 0 Å². The third-order valence-corrected chi connectivity index (χ3v) is 4.23. The fraction of sp³-hybridized carbons (Fsp3) is 0.600. The molecule has 0 bridgehead atoms. The molecule has 1 atom stereocenters. The average Bonchev–Trinajstić information content (AvgIpc) is 2.86. The molecule has 1 N–H and O–H groups in total. The Hall–Kier alpha value is -0.770. The summed E-state index contributed by atoms with van der Waals surface area (Å²) in [4.78, 5) is 4.78. The zero-order valence-corrected chi connectivity index (χ0v) is 12.9. The molecule has 1 fully saturated rings. The molecule has 1 aliphatic rings. The summed E-state index contributed by atoms with van der Waals surface area (Å²) in [6.07, 6.45) is 1.22. The topological polar surface area (TPSA) is 18.5 Å². The Morgan fingerprint density at radius 2 is 2.21 bits per heavy atom. The lowest BCUT2D eigenvalue weighted by Crippen LogP contribution is -2.32. The van der Waals surface area contributed by atoms with Crippen molar-refractivity contribution in [2.45, 2.75) is 25.9 Å². The second-order valence-electron chi connectivity index (χ2n) is 5.37. The van der Waals surface area contributed by atoms with Gasteiger partial charge in [-0.2, -0.15) is 0 Å². The molecule has 1 aromatic carbocycles. The van der Waals surface area contributed by atoms with Gasteiger partial charge >= 0.3 is 0 Å². The van der Waals surface area contributed by atoms with Crippen LogP contribution < -0.4 is 10.2 Å². The van der Waals surface area contributed by atoms with Crippen LogP contribution in [0.2, 0.25) is 5.02 Å². The summed E-state index contributed by atoms with van der Waals surface area (Å²) in [5, 5.41) is 4.25. The van der Waals surface area contributed by atoms with Crippen LogP contribution in [0.25, 0.3) is 0 Å². The third-order valence-electron chi connectivity index (χ3n) is 3.88. The summed E-state index contributed by atoms with van der Waals surface area (Å²) in [6, 6.07) is 6.87. The molecule has 1 aromatic rings. The predicted octanol–water partition coefficient (Wildman–Crippen LogP) is 2.59. The standard InChI is InChI=1S/C15H24ClN3/c1-4-17-10-13-14(16)6-5-7-15(13)19-9-8-12(11-19)18(2)3/h5-7,12,17H,4,8-11H2,1-3H3. The molecule has 0 aromatic heterocycles. The van der Waals surface area contributed by atoms with E-state index in [1.807, 2.05) is 6.07 Å². The van der Waals surface area contributed by atoms with E-state index in [-0.39, 0.29) is 0 Å². The number of benzene rings is 1. The van der Waals surface area contributed by atoms with Crippen molar-refractivity contribution in [1.29, 1.82) is 0 Å². The van der Waals surface area contributed by atoms with Crippen molar-refractivity contribution in [1.82, 2.24) is 10.2 Å². The van der Waals surface area contributed by atoms with Crippen molar-refractivity contribution in [2.75, 3.05) is 38.6 Å². The zero-order valence-electron chi connectivity index (χ0n) is 12.1. The molecular weight excluding hydrogens is 258 g/mol. The van der Waals surface area contributed by atoms with Crippen LogP contribution >= 0.6 is 11.6 Å². The lowest BCUT2D eigenvalue weighted by Gasteiger charge is -2.24. The second kappa shape index (κ2) is 6.60. The SMILES string of the molecule is CCNCc1c(Cl)cccc1N1CCC(N(C)C)C1. The minimum atomic E-state index is 0.644. The first kappa shape index (κ1) is 14.6. The quantitative estimate of drug-likeness (QED) is 0.895. The molecule has 3 nitrogen and oxygen atoms in total. The molecule has 0 amide bonds. The molecule has 1 saturated heterocycles. The van der Waals surface area contributed by atoms with Crippen LogP contribution in [0.5, 0.6) is 0 Å². The molecule has 1 unspecified atom stereocenters. The number of halogens is 1. The number of nitrogens with one attached hydrogen (secondary N) is 1. The summed E-state index contributed by atoms with van der Waals surface area (Å²) in [5.74, 6) is 0. The van der Waals surface area contributed by atoms with Crippen LogP contribution in [-0.2, 0) is 6.54 Å². The highest BCUT2D eigenvalue weighted by Gasteiger charge is 2.25. The number of likely N-dealkylation sites (N-methyl/N-ethyl adjacent to an activating group) is 1. The Bertz CT molecular complexity index is 420. The molecule has 1 heterocycles. The van der Waals surface area contributed by atoms with Gasteiger partial charge in [0.25, 0.3) is 0 Å². The first-order valence-electron chi connectivity index (χ1n) is 7.03. The van der Waals surface area contributed by atoms with Crippen molar-refractivity contribution in [2.24, 2.45) is 0 Å². The van der Waals surface area contributed by atoms with Gasteiger partial charge in [-0.05, 0) is 39.2 Å². The summed E-state index contributed by atoms with van der Waals surface area (Å²) < 4.78 is 0. The minimum Gasteiger partial charge on any atom is -0.370 e. The van der Waals surface area contributed by atoms with Crippen LogP contribution in [-0.4, -0.2) is 44.7 Å². The fourth-order valence-electron chi connectivity index (χ4n) is 2.65. The Balaban J connectivity index is 2.18. The number of rotatable bonds is 5. The van der Waals surface area contributed by atoms with Gasteiger partial charge in [0.1, 0.15) is 0 Å². The van der Waals surface area contributed by atoms with E-state index in [0.717, 1.165) is 31.2 Å². The van der Waals surface area contributed by atoms with Gasteiger partial charge in [0.15, 0.2) is 0 Å². The van der Waals surface area contributed by atoms with Crippen molar-refractivity contribution in [3.63, 3.8) is 0 Å². The molecule has 106 valence electrons. The van der Waals surface area contributed by atoms with E-state index in [1.54, 1.807) is 0 Å². The van der Waals surface area contributed by atoms with Gasteiger partial charge in [-0.1, -0.05) is 24.6 Å². The Kier molecular flexibility index (Phi) is 5.08. The van der Waals surface area contributed by atoms with E-state index in [1.165, 1.54) is 17.7 Å². The van der Waals surface area contributed by atoms with Crippen molar-refractivity contribution in [3.8, 4) is 0 Å². The molecule has 1 aliphatic heterocycles.